The fourth-order valence-electron chi connectivity index (χ4n) is 3.35. The molecule has 0 aliphatic rings. The highest BCUT2D eigenvalue weighted by molar-refractivity contribution is 5.87. The molecule has 0 saturated heterocycles. The number of benzene rings is 1. The molecule has 3 atom stereocenters. The molecule has 1 aromatic rings. The molecule has 0 spiro atoms. The van der Waals surface area contributed by atoms with E-state index in [4.69, 9.17) is 14.2 Å². The number of hydrogen-bond acceptors (Lipinski definition) is 7. The van der Waals surface area contributed by atoms with Crippen molar-refractivity contribution >= 4 is 17.8 Å². The topological polar surface area (TPSA) is 114 Å². The second kappa shape index (κ2) is 15.4. The molecule has 0 fully saturated rings. The lowest BCUT2D eigenvalue weighted by Gasteiger charge is -2.33. The lowest BCUT2D eigenvalue weighted by atomic mass is 10.0. The monoisotopic (exact) mass is 466 g/mol. The van der Waals surface area contributed by atoms with Crippen LogP contribution < -0.4 is 5.32 Å². The molecule has 0 saturated carbocycles. The highest BCUT2D eigenvalue weighted by Gasteiger charge is 2.33. The Bertz CT molecular complexity index is 723. The summed E-state index contributed by atoms with van der Waals surface area (Å²) in [6.45, 7) is 9.22. The number of amides is 1. The summed E-state index contributed by atoms with van der Waals surface area (Å²) in [5.41, 5.74) is 1.06. The summed E-state index contributed by atoms with van der Waals surface area (Å²) in [6, 6.07) is 7.04. The number of carbonyl (C=O) groups excluding carboxylic acids is 2. The Labute approximate surface area is 196 Å². The Kier molecular flexibility index (Phi) is 13.3. The zero-order valence-corrected chi connectivity index (χ0v) is 20.3. The van der Waals surface area contributed by atoms with Crippen molar-refractivity contribution in [3.63, 3.8) is 0 Å². The van der Waals surface area contributed by atoms with Gasteiger partial charge in [0, 0.05) is 13.2 Å². The Morgan fingerprint density at radius 2 is 1.61 bits per heavy atom. The molecule has 2 N–H and O–H groups in total. The summed E-state index contributed by atoms with van der Waals surface area (Å²) >= 11 is 0. The third-order valence-corrected chi connectivity index (χ3v) is 5.12. The maximum atomic E-state index is 13.3. The van der Waals surface area contributed by atoms with Gasteiger partial charge in [-0.15, -0.1) is 0 Å². The fraction of sp³-hybridized carbons (Fsp3) is 0.625. The fourth-order valence-corrected chi connectivity index (χ4v) is 3.35. The van der Waals surface area contributed by atoms with Crippen molar-refractivity contribution in [2.45, 2.75) is 71.9 Å². The van der Waals surface area contributed by atoms with E-state index in [0.717, 1.165) is 5.56 Å². The predicted octanol–water partition coefficient (Wildman–Crippen LogP) is 2.23. The summed E-state index contributed by atoms with van der Waals surface area (Å²) in [6.07, 6.45) is 0.288. The van der Waals surface area contributed by atoms with Gasteiger partial charge in [0.1, 0.15) is 12.1 Å². The first-order chi connectivity index (χ1) is 15.7. The van der Waals surface area contributed by atoms with Crippen LogP contribution in [-0.2, 0) is 35.0 Å². The van der Waals surface area contributed by atoms with Gasteiger partial charge in [0.05, 0.1) is 19.2 Å². The standard InChI is InChI=1S/C24H38N2O7/c1-6-31-21(32-7-2)16-26(18(5)23(28)29)22(27)17(4)25-20(24(30)33-8-3)15-14-19-12-10-9-11-13-19/h9-13,17-18,20-21,25H,6-8,14-16H2,1-5H3,(H,28,29)/t17-,18-,20?/m0/s1. The van der Waals surface area contributed by atoms with Crippen molar-refractivity contribution in [3.8, 4) is 0 Å². The minimum absolute atomic E-state index is 0.0475. The van der Waals surface area contributed by atoms with Crippen LogP contribution in [0.5, 0.6) is 0 Å². The predicted molar refractivity (Wildman–Crippen MR) is 124 cm³/mol. The molecule has 9 nitrogen and oxygen atoms in total. The van der Waals surface area contributed by atoms with Crippen LogP contribution >= 0.6 is 0 Å². The van der Waals surface area contributed by atoms with Crippen LogP contribution in [0.25, 0.3) is 0 Å². The van der Waals surface area contributed by atoms with Gasteiger partial charge < -0.3 is 24.2 Å². The number of carboxylic acid groups (broad SMARTS) is 1. The molecule has 1 unspecified atom stereocenters. The lowest BCUT2D eigenvalue weighted by Crippen LogP contribution is -2.56. The number of ether oxygens (including phenoxy) is 3. The smallest absolute Gasteiger partial charge is 0.326 e. The number of nitrogens with one attached hydrogen (secondary N) is 1. The second-order valence-electron chi connectivity index (χ2n) is 7.56. The maximum absolute atomic E-state index is 13.3. The largest absolute Gasteiger partial charge is 0.480 e. The highest BCUT2D eigenvalue weighted by atomic mass is 16.7. The molecule has 0 aliphatic heterocycles. The van der Waals surface area contributed by atoms with E-state index in [2.05, 4.69) is 5.32 Å². The van der Waals surface area contributed by atoms with Crippen LogP contribution in [0.1, 0.15) is 46.6 Å². The Morgan fingerprint density at radius 1 is 1.00 bits per heavy atom. The van der Waals surface area contributed by atoms with Crippen LogP contribution in [0.2, 0.25) is 0 Å². The van der Waals surface area contributed by atoms with Crippen LogP contribution in [0.3, 0.4) is 0 Å². The SMILES string of the molecule is CCOC(=O)C(CCc1ccccc1)N[C@@H](C)C(=O)N(CC(OCC)OCC)[C@@H](C)C(=O)O. The molecule has 0 heterocycles. The van der Waals surface area contributed by atoms with Gasteiger partial charge in [-0.1, -0.05) is 30.3 Å². The first kappa shape index (κ1) is 28.5. The number of nitrogens with zero attached hydrogens (tertiary/aromatic N) is 1. The van der Waals surface area contributed by atoms with E-state index in [1.54, 1.807) is 27.7 Å². The minimum atomic E-state index is -1.15. The summed E-state index contributed by atoms with van der Waals surface area (Å²) < 4.78 is 16.2. The summed E-state index contributed by atoms with van der Waals surface area (Å²) in [5, 5.41) is 12.6. The van der Waals surface area contributed by atoms with Gasteiger partial charge in [0.25, 0.3) is 0 Å². The van der Waals surface area contributed by atoms with Crippen LogP contribution in [0, 0.1) is 0 Å². The number of aryl methyl sites for hydroxylation is 1. The molecule has 33 heavy (non-hydrogen) atoms. The Morgan fingerprint density at radius 3 is 2.12 bits per heavy atom. The molecule has 186 valence electrons. The van der Waals surface area contributed by atoms with Gasteiger partial charge in [-0.05, 0) is 53.0 Å². The number of hydrogen-bond donors (Lipinski definition) is 2. The van der Waals surface area contributed by atoms with Crippen LogP contribution in [0.4, 0.5) is 0 Å². The van der Waals surface area contributed by atoms with Gasteiger partial charge in [-0.3, -0.25) is 14.9 Å². The van der Waals surface area contributed by atoms with Crippen molar-refractivity contribution in [1.29, 1.82) is 0 Å². The quantitative estimate of drug-likeness (QED) is 0.282. The molecule has 0 aliphatic carbocycles. The Hall–Kier alpha value is -2.49. The number of carboxylic acids is 1. The molecule has 1 rings (SSSR count). The van der Waals surface area contributed by atoms with E-state index < -0.39 is 42.3 Å². The summed E-state index contributed by atoms with van der Waals surface area (Å²) in [4.78, 5) is 38.7. The normalized spacial score (nSPS) is 13.9. The third kappa shape index (κ3) is 9.89. The van der Waals surface area contributed by atoms with Crippen LogP contribution in [0.15, 0.2) is 30.3 Å². The molecule has 0 radical (unpaired) electrons. The number of carbonyl (C=O) groups is 3. The van der Waals surface area contributed by atoms with Crippen molar-refractivity contribution < 1.29 is 33.7 Å². The van der Waals surface area contributed by atoms with Crippen molar-refractivity contribution in [1.82, 2.24) is 10.2 Å². The van der Waals surface area contributed by atoms with Crippen molar-refractivity contribution in [2.24, 2.45) is 0 Å². The highest BCUT2D eigenvalue weighted by Crippen LogP contribution is 2.11. The van der Waals surface area contributed by atoms with Gasteiger partial charge in [0.15, 0.2) is 6.29 Å². The molecule has 1 aromatic carbocycles. The van der Waals surface area contributed by atoms with Gasteiger partial charge in [0.2, 0.25) is 5.91 Å². The van der Waals surface area contributed by atoms with Crippen molar-refractivity contribution in [3.05, 3.63) is 35.9 Å². The molecule has 0 aromatic heterocycles. The second-order valence-corrected chi connectivity index (χ2v) is 7.56. The number of aliphatic carboxylic acids is 1. The van der Waals surface area contributed by atoms with E-state index in [9.17, 15) is 19.5 Å². The van der Waals surface area contributed by atoms with E-state index in [-0.39, 0.29) is 13.2 Å². The first-order valence-corrected chi connectivity index (χ1v) is 11.5. The molecular formula is C24H38N2O7. The van der Waals surface area contributed by atoms with Gasteiger partial charge in [-0.2, -0.15) is 0 Å². The summed E-state index contributed by atoms with van der Waals surface area (Å²) in [7, 11) is 0. The molecular weight excluding hydrogens is 428 g/mol. The Balaban J connectivity index is 2.98. The average molecular weight is 467 g/mol. The maximum Gasteiger partial charge on any atom is 0.326 e. The molecule has 9 heteroatoms. The van der Waals surface area contributed by atoms with Crippen LogP contribution in [-0.4, -0.2) is 78.6 Å². The van der Waals surface area contributed by atoms with Crippen molar-refractivity contribution in [2.75, 3.05) is 26.4 Å². The van der Waals surface area contributed by atoms with E-state index in [1.807, 2.05) is 30.3 Å². The number of rotatable bonds is 16. The van der Waals surface area contributed by atoms with E-state index >= 15 is 0 Å². The van der Waals surface area contributed by atoms with E-state index in [1.165, 1.54) is 11.8 Å². The zero-order chi connectivity index (χ0) is 24.8. The van der Waals surface area contributed by atoms with Gasteiger partial charge >= 0.3 is 11.9 Å². The molecule has 1 amide bonds. The molecule has 0 bridgehead atoms. The minimum Gasteiger partial charge on any atom is -0.480 e. The third-order valence-electron chi connectivity index (χ3n) is 5.12. The lowest BCUT2D eigenvalue weighted by molar-refractivity contribution is -0.169. The van der Waals surface area contributed by atoms with E-state index in [0.29, 0.717) is 26.1 Å². The summed E-state index contributed by atoms with van der Waals surface area (Å²) in [5.74, 6) is -2.07. The average Bonchev–Trinajstić information content (AvgIpc) is 2.80. The van der Waals surface area contributed by atoms with Gasteiger partial charge in [-0.25, -0.2) is 4.79 Å². The zero-order valence-electron chi connectivity index (χ0n) is 20.3. The first-order valence-electron chi connectivity index (χ1n) is 11.5. The number of esters is 1.